The lowest BCUT2D eigenvalue weighted by molar-refractivity contribution is -0.134. The maximum atomic E-state index is 14.4. The standard InChI is InChI=1S/C29H36FN3O3/c1-19-13-16-33(17-14-23(19)27(34)29(2,3)30)26-12-15-31-25-11-7-21(6-10-24(25)26)18-20-4-8-22(9-5-20)28(35)32-36/h4-6,8-10,12,15,19,21,23,36H,7,11,13-14,16-18H2,1-3H3,(H,32,35). The molecule has 1 fully saturated rings. The highest BCUT2D eigenvalue weighted by molar-refractivity contribution is 5.93. The van der Waals surface area contributed by atoms with Crippen LogP contribution in [0.3, 0.4) is 0 Å². The van der Waals surface area contributed by atoms with Crippen LogP contribution in [-0.4, -0.2) is 40.6 Å². The van der Waals surface area contributed by atoms with Crippen molar-refractivity contribution in [3.8, 4) is 0 Å². The zero-order chi connectivity index (χ0) is 25.9. The molecule has 1 aliphatic carbocycles. The summed E-state index contributed by atoms with van der Waals surface area (Å²) in [5.74, 6) is -0.574. The van der Waals surface area contributed by atoms with Gasteiger partial charge in [0.2, 0.25) is 0 Å². The number of Topliss-reactive ketones (excluding diaryl/α,β-unsaturated/α-hetero) is 1. The van der Waals surface area contributed by atoms with Crippen molar-refractivity contribution in [2.75, 3.05) is 18.0 Å². The number of halogens is 1. The fourth-order valence-corrected chi connectivity index (χ4v) is 5.46. The number of hydrogen-bond acceptors (Lipinski definition) is 5. The second-order valence-electron chi connectivity index (χ2n) is 10.7. The summed E-state index contributed by atoms with van der Waals surface area (Å²) in [5, 5.41) is 8.80. The summed E-state index contributed by atoms with van der Waals surface area (Å²) in [4.78, 5) is 31.3. The number of ketones is 1. The molecule has 2 heterocycles. The first-order chi connectivity index (χ1) is 17.2. The molecule has 6 nitrogen and oxygen atoms in total. The predicted molar refractivity (Wildman–Crippen MR) is 139 cm³/mol. The first kappa shape index (κ1) is 26.0. The lowest BCUT2D eigenvalue weighted by Crippen LogP contribution is -2.36. The Morgan fingerprint density at radius 1 is 1.14 bits per heavy atom. The average Bonchev–Trinajstić information content (AvgIpc) is 3.19. The van der Waals surface area contributed by atoms with Crippen molar-refractivity contribution >= 4 is 23.5 Å². The van der Waals surface area contributed by atoms with Crippen LogP contribution >= 0.6 is 0 Å². The Kier molecular flexibility index (Phi) is 7.88. The monoisotopic (exact) mass is 493 g/mol. The van der Waals surface area contributed by atoms with E-state index in [2.05, 4.69) is 35.0 Å². The van der Waals surface area contributed by atoms with Crippen molar-refractivity contribution < 1.29 is 19.2 Å². The molecule has 7 heteroatoms. The Morgan fingerprint density at radius 3 is 2.56 bits per heavy atom. The summed E-state index contributed by atoms with van der Waals surface area (Å²) in [6.45, 7) is 6.36. The highest BCUT2D eigenvalue weighted by Crippen LogP contribution is 2.35. The minimum Gasteiger partial charge on any atom is -0.371 e. The van der Waals surface area contributed by atoms with Crippen molar-refractivity contribution in [3.05, 3.63) is 65.0 Å². The lowest BCUT2D eigenvalue weighted by Gasteiger charge is -2.26. The van der Waals surface area contributed by atoms with Gasteiger partial charge in [0.15, 0.2) is 11.5 Å². The van der Waals surface area contributed by atoms with Gasteiger partial charge in [0, 0.05) is 47.7 Å². The quantitative estimate of drug-likeness (QED) is 0.428. The summed E-state index contributed by atoms with van der Waals surface area (Å²) in [7, 11) is 0. The van der Waals surface area contributed by atoms with E-state index in [9.17, 15) is 14.0 Å². The van der Waals surface area contributed by atoms with Gasteiger partial charge in [-0.1, -0.05) is 31.2 Å². The van der Waals surface area contributed by atoms with Crippen LogP contribution in [0.1, 0.15) is 67.2 Å². The van der Waals surface area contributed by atoms with Crippen molar-refractivity contribution in [3.63, 3.8) is 0 Å². The van der Waals surface area contributed by atoms with Crippen molar-refractivity contribution in [1.29, 1.82) is 0 Å². The summed E-state index contributed by atoms with van der Waals surface area (Å²) in [6, 6.07) is 9.35. The predicted octanol–water partition coefficient (Wildman–Crippen LogP) is 5.19. The number of nitrogens with zero attached hydrogens (tertiary/aromatic N) is 2. The van der Waals surface area contributed by atoms with Gasteiger partial charge in [-0.3, -0.25) is 19.8 Å². The van der Waals surface area contributed by atoms with Crippen molar-refractivity contribution in [2.45, 2.75) is 58.5 Å². The highest BCUT2D eigenvalue weighted by atomic mass is 19.1. The van der Waals surface area contributed by atoms with E-state index >= 15 is 0 Å². The molecule has 3 unspecified atom stereocenters. The van der Waals surface area contributed by atoms with Gasteiger partial charge >= 0.3 is 0 Å². The minimum atomic E-state index is -1.80. The normalized spacial score (nSPS) is 22.4. The summed E-state index contributed by atoms with van der Waals surface area (Å²) in [6.07, 6.45) is 10.5. The number of pyridine rings is 1. The number of alkyl halides is 1. The van der Waals surface area contributed by atoms with Crippen LogP contribution in [0.4, 0.5) is 10.1 Å². The molecule has 1 amide bonds. The zero-order valence-corrected chi connectivity index (χ0v) is 21.3. The van der Waals surface area contributed by atoms with Crippen LogP contribution < -0.4 is 10.4 Å². The Hall–Kier alpha value is -3.06. The number of allylic oxidation sites excluding steroid dienone is 1. The number of hydroxylamine groups is 1. The number of amides is 1. The number of anilines is 1. The summed E-state index contributed by atoms with van der Waals surface area (Å²) < 4.78 is 14.4. The molecule has 0 spiro atoms. The first-order valence-electron chi connectivity index (χ1n) is 12.8. The molecular weight excluding hydrogens is 457 g/mol. The van der Waals surface area contributed by atoms with Gasteiger partial charge < -0.3 is 4.90 Å². The number of nitrogens with one attached hydrogen (secondary N) is 1. The molecule has 192 valence electrons. The summed E-state index contributed by atoms with van der Waals surface area (Å²) in [5.41, 5.74) is 4.76. The van der Waals surface area contributed by atoms with E-state index in [-0.39, 0.29) is 17.6 Å². The average molecular weight is 494 g/mol. The molecule has 2 aliphatic rings. The zero-order valence-electron chi connectivity index (χ0n) is 21.3. The van der Waals surface area contributed by atoms with Gasteiger partial charge in [0.1, 0.15) is 0 Å². The van der Waals surface area contributed by atoms with Crippen LogP contribution in [0.5, 0.6) is 0 Å². The van der Waals surface area contributed by atoms with Crippen LogP contribution in [0.2, 0.25) is 0 Å². The first-order valence-corrected chi connectivity index (χ1v) is 12.8. The van der Waals surface area contributed by atoms with E-state index in [4.69, 9.17) is 5.21 Å². The van der Waals surface area contributed by atoms with Gasteiger partial charge in [0.25, 0.3) is 5.91 Å². The molecule has 1 saturated heterocycles. The van der Waals surface area contributed by atoms with Crippen LogP contribution in [0.25, 0.3) is 6.08 Å². The second kappa shape index (κ2) is 10.9. The maximum absolute atomic E-state index is 14.4. The molecule has 36 heavy (non-hydrogen) atoms. The smallest absolute Gasteiger partial charge is 0.274 e. The number of aryl methyl sites for hydroxylation is 1. The molecule has 0 radical (unpaired) electrons. The summed E-state index contributed by atoms with van der Waals surface area (Å²) >= 11 is 0. The van der Waals surface area contributed by atoms with Gasteiger partial charge in [-0.2, -0.15) is 0 Å². The molecule has 2 N–H and O–H groups in total. The molecule has 1 aromatic carbocycles. The van der Waals surface area contributed by atoms with E-state index in [1.54, 1.807) is 17.6 Å². The third kappa shape index (κ3) is 5.84. The van der Waals surface area contributed by atoms with E-state index < -0.39 is 11.6 Å². The van der Waals surface area contributed by atoms with E-state index in [1.165, 1.54) is 13.8 Å². The van der Waals surface area contributed by atoms with Crippen molar-refractivity contribution in [2.24, 2.45) is 17.8 Å². The molecule has 0 saturated carbocycles. The molecule has 3 atom stereocenters. The van der Waals surface area contributed by atoms with Crippen LogP contribution in [0.15, 0.2) is 42.6 Å². The number of carbonyl (C=O) groups is 2. The van der Waals surface area contributed by atoms with Gasteiger partial charge in [-0.25, -0.2) is 9.87 Å². The SMILES string of the molecule is CC1CCN(c2ccnc3c2C=CC(Cc2ccc(C(=O)NO)cc2)CC3)CCC1C(=O)C(C)(C)F. The third-order valence-corrected chi connectivity index (χ3v) is 7.67. The van der Waals surface area contributed by atoms with E-state index in [0.29, 0.717) is 17.9 Å². The van der Waals surface area contributed by atoms with Crippen molar-refractivity contribution in [1.82, 2.24) is 10.5 Å². The Morgan fingerprint density at radius 2 is 1.86 bits per heavy atom. The molecular formula is C29H36FN3O3. The molecule has 1 aromatic heterocycles. The lowest BCUT2D eigenvalue weighted by atomic mass is 9.81. The Bertz CT molecular complexity index is 1120. The van der Waals surface area contributed by atoms with Crippen LogP contribution in [0, 0.1) is 17.8 Å². The number of hydrogen-bond donors (Lipinski definition) is 2. The fraction of sp³-hybridized carbons (Fsp3) is 0.483. The third-order valence-electron chi connectivity index (χ3n) is 7.67. The molecule has 2 aromatic rings. The Labute approximate surface area is 212 Å². The number of aromatic nitrogens is 1. The molecule has 4 rings (SSSR count). The number of fused-ring (bicyclic) bond motifs is 1. The largest absolute Gasteiger partial charge is 0.371 e. The minimum absolute atomic E-state index is 0.146. The second-order valence-corrected chi connectivity index (χ2v) is 10.7. The topological polar surface area (TPSA) is 82.5 Å². The number of benzene rings is 1. The number of carbonyl (C=O) groups excluding carboxylic acids is 2. The van der Waals surface area contributed by atoms with Crippen LogP contribution in [-0.2, 0) is 17.6 Å². The van der Waals surface area contributed by atoms with Gasteiger partial charge in [0.05, 0.1) is 0 Å². The molecule has 0 bridgehead atoms. The molecule has 1 aliphatic heterocycles. The highest BCUT2D eigenvalue weighted by Gasteiger charge is 2.38. The van der Waals surface area contributed by atoms with E-state index in [1.807, 2.05) is 18.3 Å². The van der Waals surface area contributed by atoms with Gasteiger partial charge in [-0.15, -0.1) is 0 Å². The number of rotatable bonds is 6. The fourth-order valence-electron chi connectivity index (χ4n) is 5.46. The van der Waals surface area contributed by atoms with Gasteiger partial charge in [-0.05, 0) is 81.5 Å². The maximum Gasteiger partial charge on any atom is 0.274 e. The van der Waals surface area contributed by atoms with E-state index in [0.717, 1.165) is 61.3 Å². The Balaban J connectivity index is 1.49.